The third kappa shape index (κ3) is 6.04. The topological polar surface area (TPSA) is 80.3 Å². The van der Waals surface area contributed by atoms with Gasteiger partial charge in [0, 0.05) is 24.6 Å². The first-order valence-corrected chi connectivity index (χ1v) is 10.2. The van der Waals surface area contributed by atoms with Crippen molar-refractivity contribution < 1.29 is 14.3 Å². The van der Waals surface area contributed by atoms with E-state index in [1.54, 1.807) is 13.3 Å². The minimum absolute atomic E-state index is 0.00694. The smallest absolute Gasteiger partial charge is 0.223 e. The van der Waals surface area contributed by atoms with Gasteiger partial charge in [-0.25, -0.2) is 0 Å². The average Bonchev–Trinajstić information content (AvgIpc) is 2.78. The lowest BCUT2D eigenvalue weighted by molar-refractivity contribution is -0.130. The number of benzene rings is 1. The molecule has 154 valence electrons. The van der Waals surface area contributed by atoms with Gasteiger partial charge in [-0.3, -0.25) is 14.6 Å². The molecule has 0 unspecified atom stereocenters. The van der Waals surface area contributed by atoms with Crippen LogP contribution in [0.3, 0.4) is 0 Å². The van der Waals surface area contributed by atoms with E-state index >= 15 is 0 Å². The predicted octanol–water partition coefficient (Wildman–Crippen LogP) is 2.87. The van der Waals surface area contributed by atoms with Gasteiger partial charge in [0.25, 0.3) is 0 Å². The Morgan fingerprint density at radius 1 is 0.966 bits per heavy atom. The molecule has 1 saturated carbocycles. The van der Waals surface area contributed by atoms with Crippen molar-refractivity contribution in [2.75, 3.05) is 13.7 Å². The molecular formula is C23H29N3O3. The first-order chi connectivity index (χ1) is 14.2. The lowest BCUT2D eigenvalue weighted by Gasteiger charge is -2.27. The molecule has 0 bridgehead atoms. The Hall–Kier alpha value is -2.89. The summed E-state index contributed by atoms with van der Waals surface area (Å²) in [7, 11) is 1.66. The van der Waals surface area contributed by atoms with Crippen molar-refractivity contribution in [3.05, 3.63) is 59.9 Å². The summed E-state index contributed by atoms with van der Waals surface area (Å²) in [5, 5.41) is 6.00. The molecule has 1 heterocycles. The van der Waals surface area contributed by atoms with E-state index in [1.165, 1.54) is 0 Å². The Morgan fingerprint density at radius 3 is 2.28 bits per heavy atom. The van der Waals surface area contributed by atoms with Gasteiger partial charge in [0.2, 0.25) is 11.8 Å². The molecule has 0 saturated heterocycles. The Labute approximate surface area is 172 Å². The zero-order chi connectivity index (χ0) is 20.5. The van der Waals surface area contributed by atoms with Crippen molar-refractivity contribution in [1.82, 2.24) is 15.6 Å². The maximum absolute atomic E-state index is 12.5. The molecule has 6 heteroatoms. The van der Waals surface area contributed by atoms with Crippen LogP contribution in [0.5, 0.6) is 5.75 Å². The van der Waals surface area contributed by atoms with Crippen LogP contribution < -0.4 is 15.4 Å². The summed E-state index contributed by atoms with van der Waals surface area (Å²) in [5.74, 6) is 0.973. The van der Waals surface area contributed by atoms with Crippen LogP contribution in [0.2, 0.25) is 0 Å². The highest BCUT2D eigenvalue weighted by Gasteiger charge is 2.29. The van der Waals surface area contributed by atoms with Crippen molar-refractivity contribution in [2.24, 2.45) is 11.8 Å². The number of nitrogens with one attached hydrogen (secondary N) is 2. The summed E-state index contributed by atoms with van der Waals surface area (Å²) in [6, 6.07) is 13.5. The van der Waals surface area contributed by atoms with Gasteiger partial charge in [0.15, 0.2) is 0 Å². The average molecular weight is 396 g/mol. The van der Waals surface area contributed by atoms with E-state index in [9.17, 15) is 9.59 Å². The quantitative estimate of drug-likeness (QED) is 0.720. The van der Waals surface area contributed by atoms with Gasteiger partial charge < -0.3 is 15.4 Å². The molecule has 0 aliphatic heterocycles. The van der Waals surface area contributed by atoms with Gasteiger partial charge in [-0.15, -0.1) is 0 Å². The highest BCUT2D eigenvalue weighted by Crippen LogP contribution is 2.29. The van der Waals surface area contributed by atoms with Crippen LogP contribution in [0.1, 0.15) is 36.9 Å². The van der Waals surface area contributed by atoms with Gasteiger partial charge in [-0.2, -0.15) is 0 Å². The monoisotopic (exact) mass is 395 g/mol. The minimum atomic E-state index is -0.0173. The van der Waals surface area contributed by atoms with Gasteiger partial charge >= 0.3 is 0 Å². The number of hydrogen-bond donors (Lipinski definition) is 2. The Kier molecular flexibility index (Phi) is 7.61. The zero-order valence-corrected chi connectivity index (χ0v) is 16.9. The summed E-state index contributed by atoms with van der Waals surface area (Å²) in [6.45, 7) is 1.03. The molecule has 0 atom stereocenters. The summed E-state index contributed by atoms with van der Waals surface area (Å²) >= 11 is 0. The standard InChI is InChI=1S/C23H29N3O3/c1-29-21-8-3-2-6-17(21)13-15-25-22(27)18-9-11-19(12-10-18)23(28)26-16-20-7-4-5-14-24-20/h2-8,14,18-19H,9-13,15-16H2,1H3,(H,25,27)(H,26,28). The Bertz CT molecular complexity index is 802. The maximum Gasteiger partial charge on any atom is 0.223 e. The third-order valence-corrected chi connectivity index (χ3v) is 5.52. The SMILES string of the molecule is COc1ccccc1CCNC(=O)C1CCC(C(=O)NCc2ccccn2)CC1. The number of methoxy groups -OCH3 is 1. The Balaban J connectivity index is 1.37. The second-order valence-corrected chi connectivity index (χ2v) is 7.44. The number of para-hydroxylation sites is 1. The molecule has 3 rings (SSSR count). The summed E-state index contributed by atoms with van der Waals surface area (Å²) < 4.78 is 5.35. The lowest BCUT2D eigenvalue weighted by atomic mass is 9.81. The number of carbonyl (C=O) groups is 2. The summed E-state index contributed by atoms with van der Waals surface area (Å²) in [6.07, 6.45) is 5.46. The van der Waals surface area contributed by atoms with E-state index in [0.29, 0.717) is 13.1 Å². The molecule has 0 spiro atoms. The molecule has 0 radical (unpaired) electrons. The number of hydrogen-bond acceptors (Lipinski definition) is 4. The molecule has 2 aromatic rings. The molecule has 2 amide bonds. The van der Waals surface area contributed by atoms with Crippen LogP contribution in [0.4, 0.5) is 0 Å². The van der Waals surface area contributed by atoms with E-state index in [1.807, 2.05) is 42.5 Å². The van der Waals surface area contributed by atoms with Gasteiger partial charge in [0.05, 0.1) is 19.3 Å². The largest absolute Gasteiger partial charge is 0.496 e. The molecule has 1 aliphatic carbocycles. The van der Waals surface area contributed by atoms with Crippen LogP contribution in [0, 0.1) is 11.8 Å². The van der Waals surface area contributed by atoms with E-state index in [4.69, 9.17) is 4.74 Å². The van der Waals surface area contributed by atoms with Crippen LogP contribution >= 0.6 is 0 Å². The van der Waals surface area contributed by atoms with Gasteiger partial charge in [-0.1, -0.05) is 24.3 Å². The first-order valence-electron chi connectivity index (χ1n) is 10.2. The second kappa shape index (κ2) is 10.6. The number of pyridine rings is 1. The molecular weight excluding hydrogens is 366 g/mol. The normalized spacial score (nSPS) is 18.7. The number of amides is 2. The highest BCUT2D eigenvalue weighted by molar-refractivity contribution is 5.81. The number of ether oxygens (including phenoxy) is 1. The van der Waals surface area contributed by atoms with Crippen LogP contribution in [0.25, 0.3) is 0 Å². The third-order valence-electron chi connectivity index (χ3n) is 5.52. The maximum atomic E-state index is 12.5. The minimum Gasteiger partial charge on any atom is -0.496 e. The van der Waals surface area contributed by atoms with Gasteiger partial charge in [0.1, 0.15) is 5.75 Å². The van der Waals surface area contributed by atoms with E-state index in [2.05, 4.69) is 15.6 Å². The Morgan fingerprint density at radius 2 is 1.62 bits per heavy atom. The number of aromatic nitrogens is 1. The van der Waals surface area contributed by atoms with Gasteiger partial charge in [-0.05, 0) is 55.9 Å². The van der Waals surface area contributed by atoms with E-state index < -0.39 is 0 Å². The summed E-state index contributed by atoms with van der Waals surface area (Å²) in [4.78, 5) is 29.1. The second-order valence-electron chi connectivity index (χ2n) is 7.44. The van der Waals surface area contributed by atoms with Crippen LogP contribution in [-0.2, 0) is 22.6 Å². The fourth-order valence-electron chi connectivity index (χ4n) is 3.82. The summed E-state index contributed by atoms with van der Waals surface area (Å²) in [5.41, 5.74) is 1.94. The number of nitrogens with zero attached hydrogens (tertiary/aromatic N) is 1. The van der Waals surface area contributed by atoms with E-state index in [-0.39, 0.29) is 23.7 Å². The molecule has 1 aromatic heterocycles. The number of carbonyl (C=O) groups excluding carboxylic acids is 2. The molecule has 1 fully saturated rings. The number of rotatable bonds is 8. The molecule has 29 heavy (non-hydrogen) atoms. The zero-order valence-electron chi connectivity index (χ0n) is 16.9. The molecule has 1 aliphatic rings. The van der Waals surface area contributed by atoms with Crippen LogP contribution in [-0.4, -0.2) is 30.5 Å². The predicted molar refractivity (Wildman–Crippen MR) is 111 cm³/mol. The van der Waals surface area contributed by atoms with Crippen molar-refractivity contribution in [3.63, 3.8) is 0 Å². The van der Waals surface area contributed by atoms with Crippen molar-refractivity contribution >= 4 is 11.8 Å². The fourth-order valence-corrected chi connectivity index (χ4v) is 3.82. The highest BCUT2D eigenvalue weighted by atomic mass is 16.5. The van der Waals surface area contributed by atoms with Crippen LogP contribution in [0.15, 0.2) is 48.7 Å². The first kappa shape index (κ1) is 20.8. The van der Waals surface area contributed by atoms with Crippen molar-refractivity contribution in [2.45, 2.75) is 38.6 Å². The molecule has 1 aromatic carbocycles. The molecule has 2 N–H and O–H groups in total. The van der Waals surface area contributed by atoms with Crippen molar-refractivity contribution in [1.29, 1.82) is 0 Å². The fraction of sp³-hybridized carbons (Fsp3) is 0.435. The van der Waals surface area contributed by atoms with E-state index in [0.717, 1.165) is 49.1 Å². The lowest BCUT2D eigenvalue weighted by Crippen LogP contribution is -2.38. The van der Waals surface area contributed by atoms with Crippen molar-refractivity contribution in [3.8, 4) is 5.75 Å². The molecule has 6 nitrogen and oxygen atoms in total.